The average molecular weight is 414 g/mol. The third-order valence-electron chi connectivity index (χ3n) is 4.73. The molecule has 2 heterocycles. The third-order valence-corrected chi connectivity index (χ3v) is 4.98. The van der Waals surface area contributed by atoms with Gasteiger partial charge in [-0.05, 0) is 30.0 Å². The Kier molecular flexibility index (Phi) is 7.65. The van der Waals surface area contributed by atoms with Crippen LogP contribution in [0, 0.1) is 5.92 Å². The summed E-state index contributed by atoms with van der Waals surface area (Å²) in [6, 6.07) is 11.4. The smallest absolute Gasteiger partial charge is 0.200 e. The number of hydrogen-bond donors (Lipinski definition) is 0. The lowest BCUT2D eigenvalue weighted by molar-refractivity contribution is 0.0901. The molecule has 0 saturated heterocycles. The standard InChI is InChI=1S/C22H24ClNO2.C3H8/c1-6-13(2)20(25)19-12-18-21(26-19)16(22(3,4)5)11-17(24-18)14-7-9-15(23)10-8-14;1-3-2/h7-13H,6H2,1-5H3;3H2,1-2H3. The maximum Gasteiger partial charge on any atom is 0.200 e. The molecule has 0 radical (unpaired) electrons. The first-order chi connectivity index (χ1) is 13.6. The number of carbonyl (C=O) groups is 1. The van der Waals surface area contributed by atoms with E-state index in [4.69, 9.17) is 21.0 Å². The molecule has 0 N–H and O–H groups in total. The van der Waals surface area contributed by atoms with Crippen LogP contribution in [-0.4, -0.2) is 10.8 Å². The van der Waals surface area contributed by atoms with E-state index in [0.29, 0.717) is 21.9 Å². The minimum Gasteiger partial charge on any atom is -0.451 e. The van der Waals surface area contributed by atoms with Crippen molar-refractivity contribution in [3.63, 3.8) is 0 Å². The number of nitrogens with zero attached hydrogens (tertiary/aromatic N) is 1. The van der Waals surface area contributed by atoms with Crippen molar-refractivity contribution in [2.24, 2.45) is 5.92 Å². The molecule has 3 rings (SSSR count). The topological polar surface area (TPSA) is 43.1 Å². The molecule has 4 heteroatoms. The van der Waals surface area contributed by atoms with E-state index in [1.807, 2.05) is 44.2 Å². The van der Waals surface area contributed by atoms with Crippen molar-refractivity contribution in [2.75, 3.05) is 0 Å². The molecule has 0 aliphatic carbocycles. The fraction of sp³-hybridized carbons (Fsp3) is 0.440. The Labute approximate surface area is 179 Å². The molecule has 1 aromatic carbocycles. The number of aromatic nitrogens is 1. The molecule has 0 bridgehead atoms. The molecular formula is C25H32ClNO2. The second kappa shape index (κ2) is 9.58. The number of pyridine rings is 1. The second-order valence-corrected chi connectivity index (χ2v) is 8.95. The molecule has 1 unspecified atom stereocenters. The van der Waals surface area contributed by atoms with Gasteiger partial charge in [0.2, 0.25) is 5.78 Å². The van der Waals surface area contributed by atoms with E-state index in [1.54, 1.807) is 6.07 Å². The lowest BCUT2D eigenvalue weighted by atomic mass is 9.86. The summed E-state index contributed by atoms with van der Waals surface area (Å²) in [4.78, 5) is 17.3. The molecule has 0 amide bonds. The van der Waals surface area contributed by atoms with Crippen molar-refractivity contribution < 1.29 is 9.21 Å². The first-order valence-electron chi connectivity index (χ1n) is 10.4. The summed E-state index contributed by atoms with van der Waals surface area (Å²) in [6.07, 6.45) is 2.03. The van der Waals surface area contributed by atoms with Crippen molar-refractivity contribution in [3.8, 4) is 11.3 Å². The number of benzene rings is 1. The van der Waals surface area contributed by atoms with E-state index in [-0.39, 0.29) is 17.1 Å². The third kappa shape index (κ3) is 5.48. The Morgan fingerprint density at radius 2 is 1.69 bits per heavy atom. The maximum atomic E-state index is 12.6. The molecule has 3 nitrogen and oxygen atoms in total. The number of halogens is 1. The highest BCUT2D eigenvalue weighted by molar-refractivity contribution is 6.30. The molecule has 0 spiro atoms. The number of Topliss-reactive ketones (excluding diaryl/α,β-unsaturated/α-hetero) is 1. The molecule has 2 aromatic heterocycles. The minimum atomic E-state index is -0.142. The van der Waals surface area contributed by atoms with Crippen LogP contribution in [0.5, 0.6) is 0 Å². The molecule has 3 aromatic rings. The molecule has 0 aliphatic heterocycles. The van der Waals surface area contributed by atoms with Gasteiger partial charge in [-0.2, -0.15) is 0 Å². The van der Waals surface area contributed by atoms with Crippen molar-refractivity contribution in [1.29, 1.82) is 0 Å². The van der Waals surface area contributed by atoms with Gasteiger partial charge in [0.1, 0.15) is 5.52 Å². The lowest BCUT2D eigenvalue weighted by Crippen LogP contribution is -2.12. The van der Waals surface area contributed by atoms with Crippen molar-refractivity contribution >= 4 is 28.5 Å². The number of hydrogen-bond acceptors (Lipinski definition) is 3. The Balaban J connectivity index is 0.000000941. The van der Waals surface area contributed by atoms with Crippen LogP contribution >= 0.6 is 11.6 Å². The highest BCUT2D eigenvalue weighted by Gasteiger charge is 2.25. The van der Waals surface area contributed by atoms with E-state index in [9.17, 15) is 4.79 Å². The maximum absolute atomic E-state index is 12.6. The normalized spacial score (nSPS) is 12.4. The van der Waals surface area contributed by atoms with Crippen LogP contribution < -0.4 is 0 Å². The fourth-order valence-electron chi connectivity index (χ4n) is 2.90. The fourth-order valence-corrected chi connectivity index (χ4v) is 3.02. The predicted molar refractivity (Wildman–Crippen MR) is 123 cm³/mol. The zero-order valence-corrected chi connectivity index (χ0v) is 19.4. The second-order valence-electron chi connectivity index (χ2n) is 8.52. The number of rotatable bonds is 4. The van der Waals surface area contributed by atoms with E-state index in [0.717, 1.165) is 23.2 Å². The highest BCUT2D eigenvalue weighted by Crippen LogP contribution is 2.35. The van der Waals surface area contributed by atoms with Crippen LogP contribution in [-0.2, 0) is 5.41 Å². The van der Waals surface area contributed by atoms with Crippen LogP contribution in [0.2, 0.25) is 5.02 Å². The Morgan fingerprint density at radius 3 is 2.21 bits per heavy atom. The number of furan rings is 1. The van der Waals surface area contributed by atoms with E-state index in [2.05, 4.69) is 34.6 Å². The summed E-state index contributed by atoms with van der Waals surface area (Å²) in [6.45, 7) is 14.6. The van der Waals surface area contributed by atoms with Gasteiger partial charge in [-0.1, -0.05) is 78.6 Å². The zero-order valence-electron chi connectivity index (χ0n) is 18.6. The van der Waals surface area contributed by atoms with Gasteiger partial charge >= 0.3 is 0 Å². The Bertz CT molecular complexity index is 965. The summed E-state index contributed by atoms with van der Waals surface area (Å²) < 4.78 is 5.99. The van der Waals surface area contributed by atoms with E-state index < -0.39 is 0 Å². The largest absolute Gasteiger partial charge is 0.451 e. The summed E-state index contributed by atoms with van der Waals surface area (Å²) in [5.74, 6) is 0.350. The molecular weight excluding hydrogens is 382 g/mol. The predicted octanol–water partition coefficient (Wildman–Crippen LogP) is 8.09. The summed E-state index contributed by atoms with van der Waals surface area (Å²) in [5.41, 5.74) is 4.14. The number of ketones is 1. The summed E-state index contributed by atoms with van der Waals surface area (Å²) in [7, 11) is 0. The van der Waals surface area contributed by atoms with Crippen LogP contribution in [0.3, 0.4) is 0 Å². The van der Waals surface area contributed by atoms with Gasteiger partial charge in [0.15, 0.2) is 11.3 Å². The monoisotopic (exact) mass is 413 g/mol. The quantitative estimate of drug-likeness (QED) is 0.406. The van der Waals surface area contributed by atoms with E-state index in [1.165, 1.54) is 6.42 Å². The molecule has 0 saturated carbocycles. The van der Waals surface area contributed by atoms with Crippen LogP contribution in [0.15, 0.2) is 40.8 Å². The minimum absolute atomic E-state index is 0.0263. The zero-order chi connectivity index (χ0) is 21.8. The number of carbonyl (C=O) groups excluding carboxylic acids is 1. The molecule has 1 atom stereocenters. The SMILES string of the molecule is CCC.CCC(C)C(=O)c1cc2nc(-c3ccc(Cl)cc3)cc(C(C)(C)C)c2o1. The lowest BCUT2D eigenvalue weighted by Gasteiger charge is -2.20. The average Bonchev–Trinajstić information content (AvgIpc) is 3.10. The highest BCUT2D eigenvalue weighted by atomic mass is 35.5. The Morgan fingerprint density at radius 1 is 1.10 bits per heavy atom. The van der Waals surface area contributed by atoms with Gasteiger partial charge < -0.3 is 4.42 Å². The van der Waals surface area contributed by atoms with Crippen LogP contribution in [0.25, 0.3) is 22.4 Å². The van der Waals surface area contributed by atoms with Gasteiger partial charge in [-0.25, -0.2) is 4.98 Å². The molecule has 0 aliphatic rings. The first kappa shape index (κ1) is 23.2. The van der Waals surface area contributed by atoms with Gasteiger partial charge in [0.05, 0.1) is 5.69 Å². The van der Waals surface area contributed by atoms with Crippen molar-refractivity contribution in [1.82, 2.24) is 4.98 Å². The van der Waals surface area contributed by atoms with Crippen LogP contribution in [0.4, 0.5) is 0 Å². The summed E-state index contributed by atoms with van der Waals surface area (Å²) in [5, 5.41) is 0.690. The van der Waals surface area contributed by atoms with Gasteiger partial charge in [0, 0.05) is 28.1 Å². The Hall–Kier alpha value is -2.13. The molecule has 156 valence electrons. The van der Waals surface area contributed by atoms with Crippen molar-refractivity contribution in [3.05, 3.63) is 52.7 Å². The summed E-state index contributed by atoms with van der Waals surface area (Å²) >= 11 is 6.01. The van der Waals surface area contributed by atoms with Gasteiger partial charge in [-0.3, -0.25) is 4.79 Å². The molecule has 29 heavy (non-hydrogen) atoms. The first-order valence-corrected chi connectivity index (χ1v) is 10.7. The van der Waals surface area contributed by atoms with Crippen LogP contribution in [0.1, 0.15) is 77.4 Å². The van der Waals surface area contributed by atoms with Gasteiger partial charge in [0.25, 0.3) is 0 Å². The molecule has 0 fully saturated rings. The number of fused-ring (bicyclic) bond motifs is 1. The van der Waals surface area contributed by atoms with Gasteiger partial charge in [-0.15, -0.1) is 0 Å². The van der Waals surface area contributed by atoms with Crippen molar-refractivity contribution in [2.45, 2.75) is 66.7 Å². The van der Waals surface area contributed by atoms with E-state index >= 15 is 0 Å².